The summed E-state index contributed by atoms with van der Waals surface area (Å²) in [4.78, 5) is 31.2. The summed E-state index contributed by atoms with van der Waals surface area (Å²) in [5, 5.41) is 4.43. The molecule has 1 aliphatic heterocycles. The van der Waals surface area contributed by atoms with Crippen LogP contribution in [-0.2, 0) is 28.3 Å². The van der Waals surface area contributed by atoms with Gasteiger partial charge in [0.05, 0.1) is 23.2 Å². The van der Waals surface area contributed by atoms with Crippen LogP contribution in [0.15, 0.2) is 79.0 Å². The molecule has 3 aromatic carbocycles. The number of fused-ring (bicyclic) bond motifs is 1. The van der Waals surface area contributed by atoms with Gasteiger partial charge in [-0.1, -0.05) is 54.1 Å². The first-order chi connectivity index (χ1) is 19.6. The number of carbonyl (C=O) groups excluding carboxylic acids is 2. The SMILES string of the molecule is Cn1cc(C(=O)N[C@H](Cc2ccc(Cl)cc2)C(=O)N2CCN(c3ccccc3NS(C)(=O)=O)CC2)c2ccccc21. The summed E-state index contributed by atoms with van der Waals surface area (Å²) in [5.41, 5.74) is 3.58. The molecule has 2 heterocycles. The second kappa shape index (κ2) is 11.8. The number of rotatable bonds is 8. The Labute approximate surface area is 244 Å². The predicted octanol–water partition coefficient (Wildman–Crippen LogP) is 3.89. The predicted molar refractivity (Wildman–Crippen MR) is 163 cm³/mol. The maximum atomic E-state index is 13.9. The van der Waals surface area contributed by atoms with E-state index < -0.39 is 16.1 Å². The van der Waals surface area contributed by atoms with E-state index >= 15 is 0 Å². The van der Waals surface area contributed by atoms with Crippen molar-refractivity contribution in [2.75, 3.05) is 42.1 Å². The molecule has 41 heavy (non-hydrogen) atoms. The summed E-state index contributed by atoms with van der Waals surface area (Å²) in [6.45, 7) is 1.87. The molecule has 0 radical (unpaired) electrons. The van der Waals surface area contributed by atoms with Gasteiger partial charge in [0, 0.05) is 61.8 Å². The third kappa shape index (κ3) is 6.66. The van der Waals surface area contributed by atoms with Gasteiger partial charge in [-0.25, -0.2) is 8.42 Å². The van der Waals surface area contributed by atoms with Gasteiger partial charge in [-0.05, 0) is 35.9 Å². The van der Waals surface area contributed by atoms with E-state index in [-0.39, 0.29) is 11.8 Å². The largest absolute Gasteiger partial charge is 0.366 e. The van der Waals surface area contributed by atoms with Crippen LogP contribution in [-0.4, -0.2) is 68.2 Å². The van der Waals surface area contributed by atoms with Crippen LogP contribution in [0.25, 0.3) is 10.9 Å². The zero-order valence-corrected chi connectivity index (χ0v) is 24.5. The molecule has 0 spiro atoms. The van der Waals surface area contributed by atoms with Crippen molar-refractivity contribution < 1.29 is 18.0 Å². The van der Waals surface area contributed by atoms with Crippen LogP contribution in [0.3, 0.4) is 0 Å². The molecule has 1 fully saturated rings. The molecule has 5 rings (SSSR count). The third-order valence-corrected chi connectivity index (χ3v) is 8.07. The molecule has 11 heteroatoms. The van der Waals surface area contributed by atoms with Crippen LogP contribution < -0.4 is 14.9 Å². The van der Waals surface area contributed by atoms with E-state index in [1.165, 1.54) is 0 Å². The van der Waals surface area contributed by atoms with Gasteiger partial charge in [0.1, 0.15) is 6.04 Å². The molecule has 0 unspecified atom stereocenters. The molecule has 0 aliphatic carbocycles. The van der Waals surface area contributed by atoms with Gasteiger partial charge in [-0.15, -0.1) is 0 Å². The monoisotopic (exact) mass is 593 g/mol. The molecule has 2 amide bonds. The number of aryl methyl sites for hydroxylation is 1. The molecule has 0 saturated carbocycles. The number of hydrogen-bond donors (Lipinski definition) is 2. The summed E-state index contributed by atoms with van der Waals surface area (Å²) < 4.78 is 28.2. The Morgan fingerprint density at radius 1 is 0.927 bits per heavy atom. The summed E-state index contributed by atoms with van der Waals surface area (Å²) in [6, 6.07) is 21.3. The average Bonchev–Trinajstić information content (AvgIpc) is 3.29. The van der Waals surface area contributed by atoms with Crippen molar-refractivity contribution in [1.29, 1.82) is 0 Å². The van der Waals surface area contributed by atoms with Crippen LogP contribution in [0.2, 0.25) is 5.02 Å². The van der Waals surface area contributed by atoms with Gasteiger partial charge in [0.2, 0.25) is 15.9 Å². The lowest BCUT2D eigenvalue weighted by Gasteiger charge is -2.38. The lowest BCUT2D eigenvalue weighted by molar-refractivity contribution is -0.133. The molecule has 9 nitrogen and oxygen atoms in total. The number of nitrogens with one attached hydrogen (secondary N) is 2. The van der Waals surface area contributed by atoms with Gasteiger partial charge in [0.15, 0.2) is 0 Å². The highest BCUT2D eigenvalue weighted by atomic mass is 35.5. The minimum absolute atomic E-state index is 0.171. The van der Waals surface area contributed by atoms with Crippen molar-refractivity contribution in [3.8, 4) is 0 Å². The summed E-state index contributed by atoms with van der Waals surface area (Å²) in [6.07, 6.45) is 3.21. The molecule has 1 aliphatic rings. The molecule has 2 N–H and O–H groups in total. The maximum absolute atomic E-state index is 13.9. The van der Waals surface area contributed by atoms with Gasteiger partial charge in [-0.2, -0.15) is 0 Å². The Balaban J connectivity index is 1.34. The number of hydrogen-bond acceptors (Lipinski definition) is 5. The molecule has 214 valence electrons. The van der Waals surface area contributed by atoms with Gasteiger partial charge >= 0.3 is 0 Å². The lowest BCUT2D eigenvalue weighted by atomic mass is 10.0. The highest BCUT2D eigenvalue weighted by Crippen LogP contribution is 2.28. The van der Waals surface area contributed by atoms with Crippen molar-refractivity contribution in [3.05, 3.63) is 95.1 Å². The number of amides is 2. The number of piperazine rings is 1. The Bertz CT molecular complexity index is 1680. The molecular weight excluding hydrogens is 562 g/mol. The molecule has 1 aromatic heterocycles. The Morgan fingerprint density at radius 2 is 1.59 bits per heavy atom. The van der Waals surface area contributed by atoms with Crippen molar-refractivity contribution in [1.82, 2.24) is 14.8 Å². The first-order valence-corrected chi connectivity index (χ1v) is 15.6. The first kappa shape index (κ1) is 28.5. The second-order valence-corrected chi connectivity index (χ2v) is 12.4. The fourth-order valence-electron chi connectivity index (χ4n) is 5.24. The number of carbonyl (C=O) groups is 2. The first-order valence-electron chi connectivity index (χ1n) is 13.3. The molecule has 4 aromatic rings. The molecule has 0 bridgehead atoms. The summed E-state index contributed by atoms with van der Waals surface area (Å²) >= 11 is 6.08. The second-order valence-electron chi connectivity index (χ2n) is 10.2. The molecular formula is C30H32ClN5O4S. The van der Waals surface area contributed by atoms with E-state index in [9.17, 15) is 18.0 Å². The van der Waals surface area contributed by atoms with E-state index in [0.29, 0.717) is 48.9 Å². The van der Waals surface area contributed by atoms with Crippen molar-refractivity contribution in [2.45, 2.75) is 12.5 Å². The maximum Gasteiger partial charge on any atom is 0.254 e. The summed E-state index contributed by atoms with van der Waals surface area (Å²) in [7, 11) is -1.56. The zero-order chi connectivity index (χ0) is 29.1. The number of sulfonamides is 1. The summed E-state index contributed by atoms with van der Waals surface area (Å²) in [5.74, 6) is -0.482. The fraction of sp³-hybridized carbons (Fsp3) is 0.267. The number of nitrogens with zero attached hydrogens (tertiary/aromatic N) is 3. The van der Waals surface area contributed by atoms with Crippen LogP contribution >= 0.6 is 11.6 Å². The quantitative estimate of drug-likeness (QED) is 0.323. The minimum Gasteiger partial charge on any atom is -0.366 e. The van der Waals surface area contributed by atoms with E-state index in [0.717, 1.165) is 28.4 Å². The standard InChI is InChI=1S/C30H32ClN5O4S/c1-34-20-24(23-7-3-5-9-27(23)34)29(37)32-26(19-21-11-13-22(31)14-12-21)30(38)36-17-15-35(16-18-36)28-10-6-4-8-25(28)33-41(2,39)40/h3-14,20,26,33H,15-19H2,1-2H3,(H,32,37)/t26-/m1/s1. The minimum atomic E-state index is -3.44. The Kier molecular flexibility index (Phi) is 8.23. The molecule has 1 saturated heterocycles. The lowest BCUT2D eigenvalue weighted by Crippen LogP contribution is -2.55. The van der Waals surface area contributed by atoms with E-state index in [4.69, 9.17) is 11.6 Å². The zero-order valence-electron chi connectivity index (χ0n) is 22.9. The van der Waals surface area contributed by atoms with Crippen LogP contribution in [0.4, 0.5) is 11.4 Å². The Hall–Kier alpha value is -4.02. The number of benzene rings is 3. The normalized spacial score (nSPS) is 14.6. The number of para-hydroxylation sites is 3. The van der Waals surface area contributed by atoms with Crippen molar-refractivity contribution >= 4 is 55.7 Å². The number of anilines is 2. The average molecular weight is 594 g/mol. The van der Waals surface area contributed by atoms with Crippen LogP contribution in [0.5, 0.6) is 0 Å². The van der Waals surface area contributed by atoms with Crippen molar-refractivity contribution in [2.24, 2.45) is 7.05 Å². The number of halogens is 1. The van der Waals surface area contributed by atoms with Gasteiger partial charge in [-0.3, -0.25) is 14.3 Å². The third-order valence-electron chi connectivity index (χ3n) is 7.23. The highest BCUT2D eigenvalue weighted by Gasteiger charge is 2.30. The van der Waals surface area contributed by atoms with E-state index in [2.05, 4.69) is 14.9 Å². The van der Waals surface area contributed by atoms with Crippen LogP contribution in [0.1, 0.15) is 15.9 Å². The Morgan fingerprint density at radius 3 is 2.29 bits per heavy atom. The van der Waals surface area contributed by atoms with Crippen LogP contribution in [0, 0.1) is 0 Å². The number of aromatic nitrogens is 1. The smallest absolute Gasteiger partial charge is 0.254 e. The van der Waals surface area contributed by atoms with Gasteiger partial charge in [0.25, 0.3) is 5.91 Å². The highest BCUT2D eigenvalue weighted by molar-refractivity contribution is 7.92. The topological polar surface area (TPSA) is 104 Å². The fourth-order valence-corrected chi connectivity index (χ4v) is 5.94. The molecule has 1 atom stereocenters. The van der Waals surface area contributed by atoms with E-state index in [1.54, 1.807) is 35.4 Å². The van der Waals surface area contributed by atoms with Gasteiger partial charge < -0.3 is 19.7 Å². The van der Waals surface area contributed by atoms with E-state index in [1.807, 2.05) is 60.1 Å². The van der Waals surface area contributed by atoms with Crippen molar-refractivity contribution in [3.63, 3.8) is 0 Å².